The average Bonchev–Trinajstić information content (AvgIpc) is 2.49. The third-order valence-corrected chi connectivity index (χ3v) is 4.32. The monoisotopic (exact) mass is 330 g/mol. The number of hydrogen-bond donors (Lipinski definition) is 0. The summed E-state index contributed by atoms with van der Waals surface area (Å²) < 4.78 is 40.3. The fourth-order valence-electron chi connectivity index (χ4n) is 3.11. The predicted molar refractivity (Wildman–Crippen MR) is 84.3 cm³/mol. The topological polar surface area (TPSA) is 15.7 Å². The SMILES string of the molecule is CCCN(C)C1CCN(Cc2ccc(OC(F)(F)F)cc2)CC1. The highest BCUT2D eigenvalue weighted by molar-refractivity contribution is 5.27. The van der Waals surface area contributed by atoms with Crippen LogP contribution < -0.4 is 4.74 Å². The van der Waals surface area contributed by atoms with E-state index in [9.17, 15) is 13.2 Å². The molecule has 1 aliphatic heterocycles. The number of ether oxygens (including phenoxy) is 1. The molecule has 1 aromatic carbocycles. The third-order valence-electron chi connectivity index (χ3n) is 4.32. The highest BCUT2D eigenvalue weighted by Gasteiger charge is 2.31. The van der Waals surface area contributed by atoms with Crippen LogP contribution >= 0.6 is 0 Å². The minimum absolute atomic E-state index is 0.166. The second kappa shape index (κ2) is 8.02. The minimum atomic E-state index is -4.63. The van der Waals surface area contributed by atoms with Gasteiger partial charge in [0, 0.05) is 12.6 Å². The maximum absolute atomic E-state index is 12.1. The van der Waals surface area contributed by atoms with Crippen LogP contribution in [0.1, 0.15) is 31.7 Å². The molecule has 0 amide bonds. The lowest BCUT2D eigenvalue weighted by molar-refractivity contribution is -0.274. The second-order valence-electron chi connectivity index (χ2n) is 6.18. The molecule has 0 N–H and O–H groups in total. The Labute approximate surface area is 136 Å². The molecule has 130 valence electrons. The zero-order chi connectivity index (χ0) is 16.9. The van der Waals surface area contributed by atoms with E-state index in [0.717, 1.165) is 44.6 Å². The van der Waals surface area contributed by atoms with Gasteiger partial charge in [-0.25, -0.2) is 0 Å². The largest absolute Gasteiger partial charge is 0.573 e. The molecule has 1 aliphatic rings. The summed E-state index contributed by atoms with van der Waals surface area (Å²) in [5, 5.41) is 0. The molecule has 1 aromatic rings. The van der Waals surface area contributed by atoms with E-state index in [2.05, 4.69) is 28.5 Å². The summed E-state index contributed by atoms with van der Waals surface area (Å²) in [5.74, 6) is -0.166. The van der Waals surface area contributed by atoms with Crippen molar-refractivity contribution in [2.45, 2.75) is 45.1 Å². The van der Waals surface area contributed by atoms with Crippen LogP contribution in [0.4, 0.5) is 13.2 Å². The zero-order valence-corrected chi connectivity index (χ0v) is 13.8. The van der Waals surface area contributed by atoms with E-state index in [4.69, 9.17) is 0 Å². The first-order valence-corrected chi connectivity index (χ1v) is 8.14. The fourth-order valence-corrected chi connectivity index (χ4v) is 3.11. The molecule has 0 radical (unpaired) electrons. The van der Waals surface area contributed by atoms with Crippen molar-refractivity contribution in [3.8, 4) is 5.75 Å². The lowest BCUT2D eigenvalue weighted by Crippen LogP contribution is -2.43. The standard InChI is InChI=1S/C17H25F3N2O/c1-3-10-21(2)15-8-11-22(12-9-15)13-14-4-6-16(7-5-14)23-17(18,19)20/h4-7,15H,3,8-13H2,1-2H3. The van der Waals surface area contributed by atoms with Gasteiger partial charge in [-0.3, -0.25) is 4.90 Å². The average molecular weight is 330 g/mol. The molecule has 0 unspecified atom stereocenters. The van der Waals surface area contributed by atoms with Crippen molar-refractivity contribution in [3.63, 3.8) is 0 Å². The van der Waals surface area contributed by atoms with E-state index in [1.807, 2.05) is 0 Å². The summed E-state index contributed by atoms with van der Waals surface area (Å²) in [6.07, 6.45) is -1.17. The molecular formula is C17H25F3N2O. The van der Waals surface area contributed by atoms with Crippen LogP contribution in [0, 0.1) is 0 Å². The summed E-state index contributed by atoms with van der Waals surface area (Å²) in [5.41, 5.74) is 1.01. The molecule has 3 nitrogen and oxygen atoms in total. The van der Waals surface area contributed by atoms with Crippen molar-refractivity contribution in [1.29, 1.82) is 0 Å². The Balaban J connectivity index is 1.80. The van der Waals surface area contributed by atoms with Crippen LogP contribution in [0.25, 0.3) is 0 Å². The lowest BCUT2D eigenvalue weighted by atomic mass is 10.0. The van der Waals surface area contributed by atoms with E-state index < -0.39 is 6.36 Å². The van der Waals surface area contributed by atoms with Gasteiger partial charge in [-0.15, -0.1) is 13.2 Å². The van der Waals surface area contributed by atoms with Crippen LogP contribution in [0.15, 0.2) is 24.3 Å². The molecule has 0 aromatic heterocycles. The van der Waals surface area contributed by atoms with Crippen molar-refractivity contribution in [3.05, 3.63) is 29.8 Å². The van der Waals surface area contributed by atoms with Gasteiger partial charge in [0.1, 0.15) is 5.75 Å². The summed E-state index contributed by atoms with van der Waals surface area (Å²) in [6.45, 7) is 6.15. The Kier molecular flexibility index (Phi) is 6.30. The molecule has 6 heteroatoms. The predicted octanol–water partition coefficient (Wildman–Crippen LogP) is 3.89. The van der Waals surface area contributed by atoms with Gasteiger partial charge >= 0.3 is 6.36 Å². The van der Waals surface area contributed by atoms with Gasteiger partial charge in [0.15, 0.2) is 0 Å². The van der Waals surface area contributed by atoms with Gasteiger partial charge in [-0.1, -0.05) is 19.1 Å². The third kappa shape index (κ3) is 6.03. The number of piperidine rings is 1. The molecular weight excluding hydrogens is 305 g/mol. The normalized spacial score (nSPS) is 17.7. The van der Waals surface area contributed by atoms with Gasteiger partial charge in [0.2, 0.25) is 0 Å². The Hall–Kier alpha value is -1.27. The molecule has 0 saturated carbocycles. The van der Waals surface area contributed by atoms with Gasteiger partial charge < -0.3 is 9.64 Å². The number of halogens is 3. The summed E-state index contributed by atoms with van der Waals surface area (Å²) in [4.78, 5) is 4.79. The van der Waals surface area contributed by atoms with E-state index in [0.29, 0.717) is 6.04 Å². The van der Waals surface area contributed by atoms with Crippen molar-refractivity contribution in [2.75, 3.05) is 26.7 Å². The Morgan fingerprint density at radius 2 is 1.78 bits per heavy atom. The molecule has 0 spiro atoms. The first kappa shape index (κ1) is 18.1. The molecule has 1 heterocycles. The van der Waals surface area contributed by atoms with Crippen molar-refractivity contribution < 1.29 is 17.9 Å². The minimum Gasteiger partial charge on any atom is -0.406 e. The Morgan fingerprint density at radius 3 is 2.30 bits per heavy atom. The van der Waals surface area contributed by atoms with Crippen molar-refractivity contribution >= 4 is 0 Å². The summed E-state index contributed by atoms with van der Waals surface area (Å²) >= 11 is 0. The Morgan fingerprint density at radius 1 is 1.17 bits per heavy atom. The fraction of sp³-hybridized carbons (Fsp3) is 0.647. The number of nitrogens with zero attached hydrogens (tertiary/aromatic N) is 2. The summed E-state index contributed by atoms with van der Waals surface area (Å²) in [6, 6.07) is 6.82. The van der Waals surface area contributed by atoms with E-state index in [1.54, 1.807) is 12.1 Å². The van der Waals surface area contributed by atoms with Crippen LogP contribution in [0.3, 0.4) is 0 Å². The molecule has 1 saturated heterocycles. The van der Waals surface area contributed by atoms with E-state index in [-0.39, 0.29) is 5.75 Å². The number of benzene rings is 1. The van der Waals surface area contributed by atoms with Gasteiger partial charge in [-0.2, -0.15) is 0 Å². The number of alkyl halides is 3. The van der Waals surface area contributed by atoms with Crippen LogP contribution in [0.5, 0.6) is 5.75 Å². The second-order valence-corrected chi connectivity index (χ2v) is 6.18. The van der Waals surface area contributed by atoms with Crippen molar-refractivity contribution in [1.82, 2.24) is 9.80 Å². The van der Waals surface area contributed by atoms with Crippen LogP contribution in [-0.4, -0.2) is 48.9 Å². The first-order valence-electron chi connectivity index (χ1n) is 8.14. The number of likely N-dealkylation sites (tertiary alicyclic amines) is 1. The maximum Gasteiger partial charge on any atom is 0.573 e. The van der Waals surface area contributed by atoms with Gasteiger partial charge in [-0.05, 0) is 63.6 Å². The van der Waals surface area contributed by atoms with Crippen molar-refractivity contribution in [2.24, 2.45) is 0 Å². The summed E-state index contributed by atoms with van der Waals surface area (Å²) in [7, 11) is 2.18. The Bertz CT molecular complexity index is 468. The first-order chi connectivity index (χ1) is 10.9. The van der Waals surface area contributed by atoms with Gasteiger partial charge in [0.25, 0.3) is 0 Å². The molecule has 1 fully saturated rings. The van der Waals surface area contributed by atoms with Gasteiger partial charge in [0.05, 0.1) is 0 Å². The van der Waals surface area contributed by atoms with E-state index in [1.165, 1.54) is 18.6 Å². The zero-order valence-electron chi connectivity index (χ0n) is 13.8. The number of hydrogen-bond acceptors (Lipinski definition) is 3. The quantitative estimate of drug-likeness (QED) is 0.787. The molecule has 0 bridgehead atoms. The van der Waals surface area contributed by atoms with Crippen LogP contribution in [-0.2, 0) is 6.54 Å². The molecule has 23 heavy (non-hydrogen) atoms. The number of rotatable bonds is 6. The molecule has 2 rings (SSSR count). The van der Waals surface area contributed by atoms with Crippen LogP contribution in [0.2, 0.25) is 0 Å². The highest BCUT2D eigenvalue weighted by atomic mass is 19.4. The van der Waals surface area contributed by atoms with E-state index >= 15 is 0 Å². The highest BCUT2D eigenvalue weighted by Crippen LogP contribution is 2.24. The smallest absolute Gasteiger partial charge is 0.406 e. The molecule has 0 aliphatic carbocycles. The maximum atomic E-state index is 12.1. The lowest BCUT2D eigenvalue weighted by Gasteiger charge is -2.36. The molecule has 0 atom stereocenters.